The van der Waals surface area contributed by atoms with Gasteiger partial charge in [0.05, 0.1) is 5.56 Å². The van der Waals surface area contributed by atoms with Crippen molar-refractivity contribution in [3.05, 3.63) is 95.2 Å². The van der Waals surface area contributed by atoms with E-state index in [4.69, 9.17) is 0 Å². The van der Waals surface area contributed by atoms with E-state index in [1.54, 1.807) is 6.20 Å². The van der Waals surface area contributed by atoms with Crippen LogP contribution in [0.1, 0.15) is 27.0 Å². The van der Waals surface area contributed by atoms with E-state index >= 15 is 0 Å². The number of nitrogens with zero attached hydrogens (tertiary/aromatic N) is 2. The van der Waals surface area contributed by atoms with Crippen LogP contribution in [0.5, 0.6) is 0 Å². The molecule has 0 spiro atoms. The number of pyridine rings is 1. The lowest BCUT2D eigenvalue weighted by Gasteiger charge is -2.30. The van der Waals surface area contributed by atoms with Crippen molar-refractivity contribution >= 4 is 11.7 Å². The maximum atomic E-state index is 12.8. The molecule has 1 aliphatic rings. The van der Waals surface area contributed by atoms with Crippen LogP contribution in [-0.2, 0) is 19.4 Å². The standard InChI is InChI=1S/C23H23N3O/c27-23(25-15-12-18-7-2-1-3-8-18)21-11-6-14-24-22(21)26-16-13-19-9-4-5-10-20(19)17-26/h1-11,14H,12-13,15-17H2,(H,25,27). The van der Waals surface area contributed by atoms with Crippen molar-refractivity contribution in [2.75, 3.05) is 18.0 Å². The summed E-state index contributed by atoms with van der Waals surface area (Å²) in [5, 5.41) is 3.04. The molecule has 0 bridgehead atoms. The molecule has 4 nitrogen and oxygen atoms in total. The quantitative estimate of drug-likeness (QED) is 0.759. The van der Waals surface area contributed by atoms with Crippen LogP contribution in [-0.4, -0.2) is 24.0 Å². The van der Waals surface area contributed by atoms with E-state index in [0.29, 0.717) is 12.1 Å². The summed E-state index contributed by atoms with van der Waals surface area (Å²) < 4.78 is 0. The molecule has 136 valence electrons. The van der Waals surface area contributed by atoms with Gasteiger partial charge in [-0.25, -0.2) is 4.98 Å². The number of rotatable bonds is 5. The maximum Gasteiger partial charge on any atom is 0.255 e. The Bertz CT molecular complexity index is 924. The summed E-state index contributed by atoms with van der Waals surface area (Å²) in [5.74, 6) is 0.706. The van der Waals surface area contributed by atoms with Gasteiger partial charge in [-0.3, -0.25) is 4.79 Å². The number of aromatic nitrogens is 1. The molecule has 0 saturated carbocycles. The summed E-state index contributed by atoms with van der Waals surface area (Å²) in [6, 6.07) is 22.4. The van der Waals surface area contributed by atoms with Gasteiger partial charge < -0.3 is 10.2 Å². The van der Waals surface area contributed by atoms with Crippen molar-refractivity contribution in [2.45, 2.75) is 19.4 Å². The number of anilines is 1. The minimum atomic E-state index is -0.0621. The van der Waals surface area contributed by atoms with Crippen molar-refractivity contribution in [3.8, 4) is 0 Å². The van der Waals surface area contributed by atoms with Gasteiger partial charge in [-0.1, -0.05) is 54.6 Å². The van der Waals surface area contributed by atoms with Gasteiger partial charge in [-0.05, 0) is 41.7 Å². The highest BCUT2D eigenvalue weighted by molar-refractivity contribution is 5.98. The minimum absolute atomic E-state index is 0.0621. The van der Waals surface area contributed by atoms with E-state index in [9.17, 15) is 4.79 Å². The average molecular weight is 357 g/mol. The van der Waals surface area contributed by atoms with E-state index in [0.717, 1.165) is 31.7 Å². The molecule has 2 aromatic carbocycles. The van der Waals surface area contributed by atoms with E-state index in [1.165, 1.54) is 16.7 Å². The zero-order valence-corrected chi connectivity index (χ0v) is 15.3. The van der Waals surface area contributed by atoms with E-state index in [-0.39, 0.29) is 5.91 Å². The monoisotopic (exact) mass is 357 g/mol. The first-order chi connectivity index (χ1) is 13.3. The molecule has 2 heterocycles. The number of carbonyl (C=O) groups is 1. The Morgan fingerprint density at radius 3 is 2.59 bits per heavy atom. The van der Waals surface area contributed by atoms with Gasteiger partial charge >= 0.3 is 0 Å². The smallest absolute Gasteiger partial charge is 0.255 e. The van der Waals surface area contributed by atoms with Crippen LogP contribution in [0.15, 0.2) is 72.9 Å². The van der Waals surface area contributed by atoms with Crippen LogP contribution in [0.2, 0.25) is 0 Å². The third-order valence-electron chi connectivity index (χ3n) is 5.00. The van der Waals surface area contributed by atoms with Gasteiger partial charge in [-0.2, -0.15) is 0 Å². The van der Waals surface area contributed by atoms with E-state index in [2.05, 4.69) is 51.6 Å². The maximum absolute atomic E-state index is 12.8. The molecule has 1 aliphatic heterocycles. The van der Waals surface area contributed by atoms with Crippen molar-refractivity contribution in [3.63, 3.8) is 0 Å². The summed E-state index contributed by atoms with van der Waals surface area (Å²) in [5.41, 5.74) is 4.56. The second kappa shape index (κ2) is 8.04. The Hall–Kier alpha value is -3.14. The van der Waals surface area contributed by atoms with Gasteiger partial charge in [-0.15, -0.1) is 0 Å². The average Bonchev–Trinajstić information content (AvgIpc) is 2.74. The summed E-state index contributed by atoms with van der Waals surface area (Å²) in [6.45, 7) is 2.27. The highest BCUT2D eigenvalue weighted by atomic mass is 16.1. The molecular weight excluding hydrogens is 334 g/mol. The third-order valence-corrected chi connectivity index (χ3v) is 5.00. The number of fused-ring (bicyclic) bond motifs is 1. The fourth-order valence-electron chi connectivity index (χ4n) is 3.56. The molecule has 0 radical (unpaired) electrons. The van der Waals surface area contributed by atoms with Gasteiger partial charge in [0.2, 0.25) is 0 Å². The molecule has 1 amide bonds. The summed E-state index contributed by atoms with van der Waals surface area (Å²) >= 11 is 0. The van der Waals surface area contributed by atoms with Crippen LogP contribution in [0, 0.1) is 0 Å². The second-order valence-corrected chi connectivity index (χ2v) is 6.81. The molecule has 4 heteroatoms. The van der Waals surface area contributed by atoms with Crippen LogP contribution in [0.25, 0.3) is 0 Å². The molecule has 27 heavy (non-hydrogen) atoms. The second-order valence-electron chi connectivity index (χ2n) is 6.81. The fourth-order valence-corrected chi connectivity index (χ4v) is 3.56. The van der Waals surface area contributed by atoms with Crippen LogP contribution in [0.4, 0.5) is 5.82 Å². The molecule has 0 atom stereocenters. The Morgan fingerprint density at radius 1 is 0.963 bits per heavy atom. The van der Waals surface area contributed by atoms with Crippen molar-refractivity contribution < 1.29 is 4.79 Å². The molecule has 1 N–H and O–H groups in total. The topological polar surface area (TPSA) is 45.2 Å². The number of carbonyl (C=O) groups excluding carboxylic acids is 1. The summed E-state index contributed by atoms with van der Waals surface area (Å²) in [6.07, 6.45) is 3.55. The Labute approximate surface area is 159 Å². The van der Waals surface area contributed by atoms with Crippen molar-refractivity contribution in [2.24, 2.45) is 0 Å². The lowest BCUT2D eigenvalue weighted by molar-refractivity contribution is 0.0954. The molecular formula is C23H23N3O. The van der Waals surface area contributed by atoms with Crippen molar-refractivity contribution in [1.29, 1.82) is 0 Å². The van der Waals surface area contributed by atoms with Gasteiger partial charge in [0.1, 0.15) is 5.82 Å². The number of hydrogen-bond donors (Lipinski definition) is 1. The number of amides is 1. The molecule has 0 aliphatic carbocycles. The molecule has 4 rings (SSSR count). The largest absolute Gasteiger partial charge is 0.352 e. The van der Waals surface area contributed by atoms with Crippen LogP contribution >= 0.6 is 0 Å². The Morgan fingerprint density at radius 2 is 1.74 bits per heavy atom. The highest BCUT2D eigenvalue weighted by Gasteiger charge is 2.21. The zero-order valence-electron chi connectivity index (χ0n) is 15.3. The Balaban J connectivity index is 1.46. The molecule has 0 saturated heterocycles. The normalized spacial score (nSPS) is 13.1. The van der Waals surface area contributed by atoms with Gasteiger partial charge in [0, 0.05) is 25.8 Å². The molecule has 1 aromatic heterocycles. The first kappa shape index (κ1) is 17.3. The predicted octanol–water partition coefficient (Wildman–Crippen LogP) is 3.62. The zero-order chi connectivity index (χ0) is 18.5. The number of nitrogens with one attached hydrogen (secondary N) is 1. The van der Waals surface area contributed by atoms with E-state index < -0.39 is 0 Å². The SMILES string of the molecule is O=C(NCCc1ccccc1)c1cccnc1N1CCc2ccccc2C1. The lowest BCUT2D eigenvalue weighted by Crippen LogP contribution is -2.34. The predicted molar refractivity (Wildman–Crippen MR) is 108 cm³/mol. The highest BCUT2D eigenvalue weighted by Crippen LogP contribution is 2.25. The Kier molecular flexibility index (Phi) is 5.15. The van der Waals surface area contributed by atoms with E-state index in [1.807, 2.05) is 30.3 Å². The molecule has 3 aromatic rings. The van der Waals surface area contributed by atoms with Crippen LogP contribution < -0.4 is 10.2 Å². The fraction of sp³-hybridized carbons (Fsp3) is 0.217. The first-order valence-electron chi connectivity index (χ1n) is 9.40. The third kappa shape index (κ3) is 4.00. The van der Waals surface area contributed by atoms with Gasteiger partial charge in [0.15, 0.2) is 0 Å². The minimum Gasteiger partial charge on any atom is -0.352 e. The summed E-state index contributed by atoms with van der Waals surface area (Å²) in [4.78, 5) is 19.5. The van der Waals surface area contributed by atoms with Crippen molar-refractivity contribution in [1.82, 2.24) is 10.3 Å². The molecule has 0 unspecified atom stereocenters. The van der Waals surface area contributed by atoms with Gasteiger partial charge in [0.25, 0.3) is 5.91 Å². The molecule has 0 fully saturated rings. The van der Waals surface area contributed by atoms with Crippen LogP contribution in [0.3, 0.4) is 0 Å². The summed E-state index contributed by atoms with van der Waals surface area (Å²) in [7, 11) is 0. The lowest BCUT2D eigenvalue weighted by atomic mass is 9.99. The number of hydrogen-bond acceptors (Lipinski definition) is 3. The first-order valence-corrected chi connectivity index (χ1v) is 9.40. The number of benzene rings is 2.